The highest BCUT2D eigenvalue weighted by Crippen LogP contribution is 2.52. The lowest BCUT2D eigenvalue weighted by atomic mass is 9.72. The van der Waals surface area contributed by atoms with Gasteiger partial charge in [-0.15, -0.1) is 0 Å². The molecule has 5 rings (SSSR count). The van der Waals surface area contributed by atoms with Gasteiger partial charge in [-0.05, 0) is 33.8 Å². The fourth-order valence-electron chi connectivity index (χ4n) is 6.60. The second kappa shape index (κ2) is 13.2. The van der Waals surface area contributed by atoms with Gasteiger partial charge in [0.2, 0.25) is 5.78 Å². The van der Waals surface area contributed by atoms with Crippen LogP contribution in [0.4, 0.5) is 0 Å². The fourth-order valence-corrected chi connectivity index (χ4v) is 6.60. The first-order valence-electron chi connectivity index (χ1n) is 15.5. The van der Waals surface area contributed by atoms with Crippen LogP contribution in [0.1, 0.15) is 96.0 Å². The maximum atomic E-state index is 13.6. The van der Waals surface area contributed by atoms with E-state index in [9.17, 15) is 45.0 Å². The zero-order chi connectivity index (χ0) is 34.5. The van der Waals surface area contributed by atoms with Crippen LogP contribution in [-0.2, 0) is 30.2 Å². The van der Waals surface area contributed by atoms with Gasteiger partial charge in [-0.25, -0.2) is 0 Å². The Morgan fingerprint density at radius 2 is 1.79 bits per heavy atom. The molecule has 0 radical (unpaired) electrons. The number of aromatic hydroxyl groups is 3. The van der Waals surface area contributed by atoms with Crippen LogP contribution in [0, 0.1) is 0 Å². The highest BCUT2D eigenvalue weighted by molar-refractivity contribution is 6.31. The Kier molecular flexibility index (Phi) is 9.79. The number of aliphatic hydroxyl groups is 3. The number of rotatable bonds is 10. The zero-order valence-electron chi connectivity index (χ0n) is 26.5. The van der Waals surface area contributed by atoms with Crippen LogP contribution in [0.3, 0.4) is 0 Å². The lowest BCUT2D eigenvalue weighted by Gasteiger charge is -2.43. The summed E-state index contributed by atoms with van der Waals surface area (Å²) in [5.41, 5.74) is 2.60. The van der Waals surface area contributed by atoms with Crippen LogP contribution in [0.25, 0.3) is 0 Å². The first kappa shape index (κ1) is 34.9. The van der Waals surface area contributed by atoms with E-state index in [1.165, 1.54) is 18.2 Å². The van der Waals surface area contributed by atoms with Crippen LogP contribution < -0.4 is 5.73 Å². The second-order valence-electron chi connectivity index (χ2n) is 12.7. The number of phenols is 3. The summed E-state index contributed by atoms with van der Waals surface area (Å²) in [4.78, 5) is 39.8. The summed E-state index contributed by atoms with van der Waals surface area (Å²) in [6.07, 6.45) is -6.88. The Bertz CT molecular complexity index is 1560. The van der Waals surface area contributed by atoms with Gasteiger partial charge in [-0.2, -0.15) is 0 Å². The summed E-state index contributed by atoms with van der Waals surface area (Å²) in [7, 11) is 0. The maximum absolute atomic E-state index is 13.6. The van der Waals surface area contributed by atoms with Crippen molar-refractivity contribution in [3.8, 4) is 17.2 Å². The average molecular weight is 660 g/mol. The molecule has 1 heterocycles. The predicted molar refractivity (Wildman–Crippen MR) is 162 cm³/mol. The third kappa shape index (κ3) is 6.39. The molecule has 1 aliphatic heterocycles. The normalized spacial score (nSPS) is 29.0. The zero-order valence-corrected chi connectivity index (χ0v) is 26.5. The molecule has 1 saturated heterocycles. The number of ketones is 3. The van der Waals surface area contributed by atoms with Gasteiger partial charge in [0.1, 0.15) is 29.0 Å². The first-order chi connectivity index (χ1) is 22.1. The van der Waals surface area contributed by atoms with Crippen LogP contribution >= 0.6 is 0 Å². The Morgan fingerprint density at radius 3 is 2.40 bits per heavy atom. The molecule has 256 valence electrons. The Labute approximate surface area is 270 Å². The molecule has 9 atom stereocenters. The molecule has 47 heavy (non-hydrogen) atoms. The van der Waals surface area contributed by atoms with Gasteiger partial charge < -0.3 is 55.3 Å². The van der Waals surface area contributed by atoms with E-state index < -0.39 is 113 Å². The number of Topliss-reactive ketones (excluding diaryl/α,β-unsaturated/α-hetero) is 1. The van der Waals surface area contributed by atoms with E-state index in [1.54, 1.807) is 20.8 Å². The molecule has 0 bridgehead atoms. The molecule has 1 fully saturated rings. The van der Waals surface area contributed by atoms with Crippen molar-refractivity contribution in [1.29, 1.82) is 0 Å². The summed E-state index contributed by atoms with van der Waals surface area (Å²) >= 11 is 0. The number of hydrogen-bond donors (Lipinski definition) is 7. The maximum Gasteiger partial charge on any atom is 0.202 e. The minimum atomic E-state index is -2.07. The number of carbonyl (C=O) groups is 3. The molecule has 9 unspecified atom stereocenters. The Morgan fingerprint density at radius 1 is 1.11 bits per heavy atom. The number of hydrogen-bond acceptors (Lipinski definition) is 14. The molecule has 0 aromatic heterocycles. The van der Waals surface area contributed by atoms with E-state index in [2.05, 4.69) is 0 Å². The third-order valence-electron chi connectivity index (χ3n) is 9.04. The summed E-state index contributed by atoms with van der Waals surface area (Å²) < 4.78 is 24.1. The van der Waals surface area contributed by atoms with E-state index >= 15 is 0 Å². The summed E-state index contributed by atoms with van der Waals surface area (Å²) in [6, 6.07) is 3.17. The molecule has 14 heteroatoms. The largest absolute Gasteiger partial charge is 0.507 e. The van der Waals surface area contributed by atoms with Crippen molar-refractivity contribution in [2.45, 2.75) is 108 Å². The number of phenolic OH excluding ortho intramolecular Hbond substituents is 3. The lowest BCUT2D eigenvalue weighted by molar-refractivity contribution is -0.285. The van der Waals surface area contributed by atoms with Crippen molar-refractivity contribution in [3.63, 3.8) is 0 Å². The van der Waals surface area contributed by atoms with Gasteiger partial charge in [0.05, 0.1) is 47.7 Å². The van der Waals surface area contributed by atoms with E-state index in [0.29, 0.717) is 0 Å². The molecule has 14 nitrogen and oxygen atoms in total. The SMILES string of the molecule is CC(=O)C1(O)Cc2c(O)c3c(c(O)c2C(OC2CC(N)C(OC(CC(C)O)OC(C)CO)C(C)O2)C1)C(=O)c1c(O)cccc1C3=O. The van der Waals surface area contributed by atoms with Gasteiger partial charge in [-0.1, -0.05) is 12.1 Å². The number of fused-ring (bicyclic) bond motifs is 3. The van der Waals surface area contributed by atoms with E-state index in [1.807, 2.05) is 0 Å². The summed E-state index contributed by atoms with van der Waals surface area (Å²) in [6.45, 7) is 5.76. The molecule has 2 aliphatic carbocycles. The third-order valence-corrected chi connectivity index (χ3v) is 9.04. The fraction of sp³-hybridized carbons (Fsp3) is 0.545. The van der Waals surface area contributed by atoms with E-state index in [0.717, 1.165) is 6.92 Å². The number of benzene rings is 2. The number of ether oxygens (including phenoxy) is 4. The smallest absolute Gasteiger partial charge is 0.202 e. The highest BCUT2D eigenvalue weighted by Gasteiger charge is 2.49. The lowest BCUT2D eigenvalue weighted by Crippen LogP contribution is -2.55. The quantitative estimate of drug-likeness (QED) is 0.120. The molecule has 0 saturated carbocycles. The molecule has 0 spiro atoms. The van der Waals surface area contributed by atoms with Crippen molar-refractivity contribution >= 4 is 17.3 Å². The highest BCUT2D eigenvalue weighted by atomic mass is 16.7. The van der Waals surface area contributed by atoms with Gasteiger partial charge >= 0.3 is 0 Å². The van der Waals surface area contributed by atoms with Crippen molar-refractivity contribution in [2.75, 3.05) is 6.61 Å². The van der Waals surface area contributed by atoms with Crippen molar-refractivity contribution < 1.29 is 64.0 Å². The molecular formula is C33H41NO13. The minimum absolute atomic E-state index is 0.0205. The van der Waals surface area contributed by atoms with Crippen molar-refractivity contribution in [2.24, 2.45) is 5.73 Å². The number of carbonyl (C=O) groups excluding carboxylic acids is 3. The van der Waals surface area contributed by atoms with E-state index in [-0.39, 0.29) is 41.7 Å². The molecule has 3 aliphatic rings. The summed E-state index contributed by atoms with van der Waals surface area (Å²) in [5.74, 6) is -4.26. The topological polar surface area (TPSA) is 236 Å². The molecule has 2 aromatic rings. The van der Waals surface area contributed by atoms with Crippen LogP contribution in [0.5, 0.6) is 17.2 Å². The van der Waals surface area contributed by atoms with Gasteiger partial charge in [0, 0.05) is 48.4 Å². The molecular weight excluding hydrogens is 618 g/mol. The summed E-state index contributed by atoms with van der Waals surface area (Å²) in [5, 5.41) is 64.2. The first-order valence-corrected chi connectivity index (χ1v) is 15.5. The van der Waals surface area contributed by atoms with Crippen molar-refractivity contribution in [1.82, 2.24) is 0 Å². The van der Waals surface area contributed by atoms with Gasteiger partial charge in [-0.3, -0.25) is 14.4 Å². The second-order valence-corrected chi connectivity index (χ2v) is 12.7. The van der Waals surface area contributed by atoms with Crippen molar-refractivity contribution in [3.05, 3.63) is 51.6 Å². The van der Waals surface area contributed by atoms with Crippen LogP contribution in [0.15, 0.2) is 18.2 Å². The minimum Gasteiger partial charge on any atom is -0.507 e. The molecule has 0 amide bonds. The molecule has 2 aromatic carbocycles. The molecule has 8 N–H and O–H groups in total. The van der Waals surface area contributed by atoms with Gasteiger partial charge in [0.15, 0.2) is 24.1 Å². The number of aliphatic hydroxyl groups excluding tert-OH is 2. The number of nitrogens with two attached hydrogens (primary N) is 1. The Hall–Kier alpha value is -3.47. The van der Waals surface area contributed by atoms with E-state index in [4.69, 9.17) is 24.7 Å². The van der Waals surface area contributed by atoms with Crippen LogP contribution in [-0.4, -0.2) is 103 Å². The standard InChI is InChI=1S/C33H41NO13/c1-13(36)8-22(44-14(2)12-35)47-32-15(3)45-23(9-19(32)34)46-21-11-33(43,16(4)37)10-18-25(21)31(42)27-26(29(18)40)28(39)17-6-5-7-20(38)24(17)30(27)41/h5-7,13-15,19,21-23,32,35-36,38,40,42-43H,8-12,34H2,1-4H3. The monoisotopic (exact) mass is 659 g/mol. The Balaban J connectivity index is 1.48. The average Bonchev–Trinajstić information content (AvgIpc) is 2.98. The van der Waals surface area contributed by atoms with Gasteiger partial charge in [0.25, 0.3) is 0 Å². The van der Waals surface area contributed by atoms with Crippen LogP contribution in [0.2, 0.25) is 0 Å². The predicted octanol–water partition coefficient (Wildman–Crippen LogP) is 1.24.